The molecule has 0 fully saturated rings. The first-order chi connectivity index (χ1) is 33.5. The van der Waals surface area contributed by atoms with Crippen LogP contribution in [-0.4, -0.2) is 37.2 Å². The number of rotatable bonds is 48. The number of allylic oxidation sites excluding steroid dienone is 20. The zero-order valence-corrected chi connectivity index (χ0v) is 43.8. The van der Waals surface area contributed by atoms with Gasteiger partial charge in [0.15, 0.2) is 6.10 Å². The fraction of sp³-hybridized carbons (Fsp3) is 0.629. The van der Waals surface area contributed by atoms with E-state index in [1.165, 1.54) is 32.1 Å². The summed E-state index contributed by atoms with van der Waals surface area (Å²) in [6, 6.07) is 0. The Bertz CT molecular complexity index is 1450. The minimum Gasteiger partial charge on any atom is -0.462 e. The highest BCUT2D eigenvalue weighted by Crippen LogP contribution is 2.13. The molecule has 1 unspecified atom stereocenters. The zero-order chi connectivity index (χ0) is 49.3. The van der Waals surface area contributed by atoms with E-state index in [1.54, 1.807) is 0 Å². The van der Waals surface area contributed by atoms with Gasteiger partial charge in [0.2, 0.25) is 0 Å². The van der Waals surface area contributed by atoms with Crippen LogP contribution in [0.4, 0.5) is 0 Å². The third kappa shape index (κ3) is 52.8. The van der Waals surface area contributed by atoms with Crippen LogP contribution < -0.4 is 0 Å². The molecule has 0 saturated heterocycles. The van der Waals surface area contributed by atoms with Crippen LogP contribution in [0.3, 0.4) is 0 Å². The van der Waals surface area contributed by atoms with Crippen molar-refractivity contribution in [3.05, 3.63) is 122 Å². The fourth-order valence-electron chi connectivity index (χ4n) is 7.14. The lowest BCUT2D eigenvalue weighted by atomic mass is 10.1. The van der Waals surface area contributed by atoms with Crippen LogP contribution in [0.15, 0.2) is 122 Å². The van der Waals surface area contributed by atoms with Gasteiger partial charge < -0.3 is 14.2 Å². The van der Waals surface area contributed by atoms with Crippen molar-refractivity contribution in [3.63, 3.8) is 0 Å². The van der Waals surface area contributed by atoms with Gasteiger partial charge in [-0.1, -0.05) is 226 Å². The van der Waals surface area contributed by atoms with Gasteiger partial charge in [0.05, 0.1) is 0 Å². The Hall–Kier alpha value is -4.19. The van der Waals surface area contributed by atoms with Crippen LogP contribution in [0.25, 0.3) is 0 Å². The second-order valence-electron chi connectivity index (χ2n) is 17.7. The molecule has 6 heteroatoms. The molecule has 0 aromatic carbocycles. The molecular weight excluding hydrogens is 841 g/mol. The van der Waals surface area contributed by atoms with Crippen molar-refractivity contribution in [2.75, 3.05) is 13.2 Å². The molecule has 68 heavy (non-hydrogen) atoms. The Kier molecular flexibility index (Phi) is 52.0. The lowest BCUT2D eigenvalue weighted by Crippen LogP contribution is -2.30. The Morgan fingerprint density at radius 1 is 0.309 bits per heavy atom. The molecule has 6 nitrogen and oxygen atoms in total. The lowest BCUT2D eigenvalue weighted by molar-refractivity contribution is -0.167. The molecule has 0 aliphatic rings. The summed E-state index contributed by atoms with van der Waals surface area (Å²) < 4.78 is 16.7. The Morgan fingerprint density at radius 3 is 0.897 bits per heavy atom. The molecule has 1 atom stereocenters. The quantitative estimate of drug-likeness (QED) is 0.0262. The largest absolute Gasteiger partial charge is 0.462 e. The normalized spacial score (nSPS) is 13.0. The van der Waals surface area contributed by atoms with E-state index in [2.05, 4.69) is 142 Å². The molecule has 0 amide bonds. The second-order valence-corrected chi connectivity index (χ2v) is 17.7. The van der Waals surface area contributed by atoms with Crippen molar-refractivity contribution in [1.29, 1.82) is 0 Å². The zero-order valence-electron chi connectivity index (χ0n) is 43.8. The van der Waals surface area contributed by atoms with Gasteiger partial charge in [-0.05, 0) is 109 Å². The van der Waals surface area contributed by atoms with E-state index in [0.717, 1.165) is 161 Å². The van der Waals surface area contributed by atoms with Gasteiger partial charge in [0.25, 0.3) is 0 Å². The SMILES string of the molecule is CC/C=C\C/C=C\C/C=C\C/C=C\C/C=C\C/C=C\C/C=C\CCCCCCCC(=O)OCC(COC(=O)CCCCCCCCCC)OC(=O)CCCCCCC/C=C\C/C=C\C/C=C\CC. The van der Waals surface area contributed by atoms with Crippen molar-refractivity contribution in [1.82, 2.24) is 0 Å². The minimum absolute atomic E-state index is 0.0933. The predicted molar refractivity (Wildman–Crippen MR) is 293 cm³/mol. The first-order valence-corrected chi connectivity index (χ1v) is 27.5. The molecule has 0 bridgehead atoms. The van der Waals surface area contributed by atoms with Gasteiger partial charge in [-0.2, -0.15) is 0 Å². The first kappa shape index (κ1) is 63.8. The van der Waals surface area contributed by atoms with E-state index in [0.29, 0.717) is 19.3 Å². The number of carbonyl (C=O) groups is 3. The van der Waals surface area contributed by atoms with Crippen molar-refractivity contribution in [3.8, 4) is 0 Å². The van der Waals surface area contributed by atoms with Crippen LogP contribution >= 0.6 is 0 Å². The predicted octanol–water partition coefficient (Wildman–Crippen LogP) is 18.5. The summed E-state index contributed by atoms with van der Waals surface area (Å²) in [5.41, 5.74) is 0. The molecule has 0 rings (SSSR count). The monoisotopic (exact) mass is 941 g/mol. The third-order valence-electron chi connectivity index (χ3n) is 11.2. The molecule has 0 saturated carbocycles. The van der Waals surface area contributed by atoms with Crippen LogP contribution in [0.2, 0.25) is 0 Å². The number of hydrogen-bond acceptors (Lipinski definition) is 6. The average Bonchev–Trinajstić information content (AvgIpc) is 3.34. The Labute approximate surface area is 418 Å². The van der Waals surface area contributed by atoms with E-state index >= 15 is 0 Å². The molecule has 384 valence electrons. The summed E-state index contributed by atoms with van der Waals surface area (Å²) in [6.45, 7) is 6.34. The lowest BCUT2D eigenvalue weighted by Gasteiger charge is -2.18. The highest BCUT2D eigenvalue weighted by atomic mass is 16.6. The maximum Gasteiger partial charge on any atom is 0.306 e. The van der Waals surface area contributed by atoms with E-state index in [1.807, 2.05) is 0 Å². The molecule has 0 aliphatic carbocycles. The van der Waals surface area contributed by atoms with Gasteiger partial charge in [0.1, 0.15) is 13.2 Å². The topological polar surface area (TPSA) is 78.9 Å². The van der Waals surface area contributed by atoms with Gasteiger partial charge in [-0.25, -0.2) is 0 Å². The Morgan fingerprint density at radius 2 is 0.574 bits per heavy atom. The minimum atomic E-state index is -0.796. The van der Waals surface area contributed by atoms with Crippen molar-refractivity contribution < 1.29 is 28.6 Å². The highest BCUT2D eigenvalue weighted by molar-refractivity contribution is 5.71. The number of esters is 3. The van der Waals surface area contributed by atoms with Crippen molar-refractivity contribution in [2.24, 2.45) is 0 Å². The smallest absolute Gasteiger partial charge is 0.306 e. The first-order valence-electron chi connectivity index (χ1n) is 27.5. The van der Waals surface area contributed by atoms with Crippen molar-refractivity contribution >= 4 is 17.9 Å². The van der Waals surface area contributed by atoms with Crippen molar-refractivity contribution in [2.45, 2.75) is 239 Å². The molecule has 0 heterocycles. The summed E-state index contributed by atoms with van der Waals surface area (Å²) in [4.78, 5) is 37.9. The molecule has 0 aromatic rings. The molecule has 0 aromatic heterocycles. The number of unbranched alkanes of at least 4 members (excludes halogenated alkanes) is 17. The van der Waals surface area contributed by atoms with Crippen LogP contribution in [0.1, 0.15) is 233 Å². The van der Waals surface area contributed by atoms with E-state index < -0.39 is 6.10 Å². The van der Waals surface area contributed by atoms with Gasteiger partial charge in [0, 0.05) is 19.3 Å². The maximum absolute atomic E-state index is 12.8. The number of hydrogen-bond donors (Lipinski definition) is 0. The van der Waals surface area contributed by atoms with E-state index in [9.17, 15) is 14.4 Å². The van der Waals surface area contributed by atoms with Crippen LogP contribution in [0.5, 0.6) is 0 Å². The standard InChI is InChI=1S/C62H100O6/c1-4-7-10-13-16-19-21-23-25-26-27-28-29-30-31-32-33-34-35-36-38-39-41-43-46-49-52-55-61(64)67-58-59(57-66-60(63)54-51-48-45-18-15-12-9-6-3)68-62(65)56-53-50-47-44-42-40-37-24-22-20-17-14-11-8-5-2/h7-8,10-11,16-17,19-20,23-25,27-28,30-31,33-34,36-38,59H,4-6,9,12-15,18,21-22,26,29,32,35,39-58H2,1-3H3/b10-7-,11-8-,19-16-,20-17-,25-23-,28-27-,31-30-,34-33-,37-24-,38-36-. The van der Waals surface area contributed by atoms with E-state index in [4.69, 9.17) is 14.2 Å². The third-order valence-corrected chi connectivity index (χ3v) is 11.2. The summed E-state index contributed by atoms with van der Waals surface area (Å²) in [7, 11) is 0. The number of ether oxygens (including phenoxy) is 3. The average molecular weight is 941 g/mol. The van der Waals surface area contributed by atoms with Gasteiger partial charge >= 0.3 is 17.9 Å². The summed E-state index contributed by atoms with van der Waals surface area (Å²) in [5.74, 6) is -0.940. The van der Waals surface area contributed by atoms with E-state index in [-0.39, 0.29) is 31.1 Å². The molecule has 0 N–H and O–H groups in total. The second kappa shape index (κ2) is 55.4. The molecular formula is C62H100O6. The highest BCUT2D eigenvalue weighted by Gasteiger charge is 2.19. The summed E-state index contributed by atoms with van der Waals surface area (Å²) in [5, 5.41) is 0. The van der Waals surface area contributed by atoms with Crippen LogP contribution in [0, 0.1) is 0 Å². The fourth-order valence-corrected chi connectivity index (χ4v) is 7.14. The molecule has 0 spiro atoms. The number of carbonyl (C=O) groups excluding carboxylic acids is 3. The maximum atomic E-state index is 12.8. The van der Waals surface area contributed by atoms with Crippen LogP contribution in [-0.2, 0) is 28.6 Å². The summed E-state index contributed by atoms with van der Waals surface area (Å²) in [6.07, 6.45) is 76.3. The Balaban J connectivity index is 4.30. The molecule has 0 aliphatic heterocycles. The summed E-state index contributed by atoms with van der Waals surface area (Å²) >= 11 is 0. The van der Waals surface area contributed by atoms with Gasteiger partial charge in [-0.15, -0.1) is 0 Å². The molecule has 0 radical (unpaired) electrons. The van der Waals surface area contributed by atoms with Gasteiger partial charge in [-0.3, -0.25) is 14.4 Å².